The van der Waals surface area contributed by atoms with Crippen LogP contribution in [-0.4, -0.2) is 17.8 Å². The Balaban J connectivity index is 3.13. The van der Waals surface area contributed by atoms with E-state index in [4.69, 9.17) is 9.29 Å². The average molecular weight is 574 g/mol. The molecule has 0 aromatic rings. The minimum atomic E-state index is -1.35. The number of hydrogen-bond donors (Lipinski definition) is 0. The summed E-state index contributed by atoms with van der Waals surface area (Å²) in [6, 6.07) is 0. The second-order valence-corrected chi connectivity index (χ2v) is 20.3. The van der Waals surface area contributed by atoms with Crippen LogP contribution in [-0.2, 0) is 0 Å². The molecule has 0 saturated carbocycles. The van der Waals surface area contributed by atoms with Crippen LogP contribution in [0.2, 0.25) is 8.87 Å². The summed E-state index contributed by atoms with van der Waals surface area (Å²) in [6.07, 6.45) is 38.1. The molecule has 0 aliphatic rings. The zero-order valence-corrected chi connectivity index (χ0v) is 26.4. The van der Waals surface area contributed by atoms with E-state index in [1.165, 1.54) is 176 Å². The van der Waals surface area contributed by atoms with Crippen LogP contribution >= 0.6 is 9.29 Å². The molecule has 0 amide bonds. The van der Waals surface area contributed by atoms with E-state index in [0.29, 0.717) is 0 Å². The Labute approximate surface area is 215 Å². The van der Waals surface area contributed by atoms with Crippen molar-refractivity contribution in [3.63, 3.8) is 0 Å². The van der Waals surface area contributed by atoms with Crippen molar-refractivity contribution in [2.24, 2.45) is 0 Å². The molecular formula is C30H62SSn. The fourth-order valence-electron chi connectivity index (χ4n) is 4.80. The molecule has 0 fully saturated rings. The van der Waals surface area contributed by atoms with Crippen LogP contribution in [0.15, 0.2) is 0 Å². The van der Waals surface area contributed by atoms with Crippen LogP contribution in [0.4, 0.5) is 0 Å². The Bertz CT molecular complexity index is 355. The summed E-state index contributed by atoms with van der Waals surface area (Å²) in [5.41, 5.74) is 0. The van der Waals surface area contributed by atoms with Gasteiger partial charge in [-0.25, -0.2) is 0 Å². The van der Waals surface area contributed by atoms with Gasteiger partial charge in [-0.1, -0.05) is 39.0 Å². The van der Waals surface area contributed by atoms with Gasteiger partial charge in [-0.05, 0) is 0 Å². The summed E-state index contributed by atoms with van der Waals surface area (Å²) in [5, 5.41) is 0. The summed E-state index contributed by atoms with van der Waals surface area (Å²) < 4.78 is 2.99. The molecule has 0 bridgehead atoms. The third-order valence-corrected chi connectivity index (χ3v) is 15.1. The summed E-state index contributed by atoms with van der Waals surface area (Å²) in [6.45, 7) is 4.61. The second kappa shape index (κ2) is 30.0. The summed E-state index contributed by atoms with van der Waals surface area (Å²) >= 11 is -1.35. The van der Waals surface area contributed by atoms with Gasteiger partial charge >= 0.3 is 178 Å². The van der Waals surface area contributed by atoms with Gasteiger partial charge in [0.2, 0.25) is 0 Å². The minimum absolute atomic E-state index is 1.35. The molecule has 0 unspecified atom stereocenters. The van der Waals surface area contributed by atoms with E-state index >= 15 is 0 Å². The van der Waals surface area contributed by atoms with Crippen LogP contribution in [0, 0.1) is 0 Å². The number of unbranched alkanes of at least 4 members (excludes halogenated alkanes) is 24. The van der Waals surface area contributed by atoms with Crippen molar-refractivity contribution in [1.82, 2.24) is 0 Å². The van der Waals surface area contributed by atoms with E-state index in [9.17, 15) is 0 Å². The zero-order valence-electron chi connectivity index (χ0n) is 22.7. The Hall–Kier alpha value is 1.02. The third-order valence-electron chi connectivity index (χ3n) is 7.12. The van der Waals surface area contributed by atoms with Gasteiger partial charge in [0.15, 0.2) is 0 Å². The Morgan fingerprint density at radius 2 is 0.500 bits per heavy atom. The molecule has 0 nitrogen and oxygen atoms in total. The van der Waals surface area contributed by atoms with Gasteiger partial charge in [0.1, 0.15) is 0 Å². The first-order valence-corrected chi connectivity index (χ1v) is 23.3. The molecule has 0 aliphatic heterocycles. The van der Waals surface area contributed by atoms with E-state index < -0.39 is 17.8 Å². The monoisotopic (exact) mass is 574 g/mol. The van der Waals surface area contributed by atoms with Crippen molar-refractivity contribution in [3.05, 3.63) is 0 Å². The molecule has 0 aliphatic carbocycles. The first-order chi connectivity index (χ1) is 15.8. The van der Waals surface area contributed by atoms with Crippen molar-refractivity contribution in [2.75, 3.05) is 0 Å². The molecule has 0 aromatic carbocycles. The van der Waals surface area contributed by atoms with Crippen LogP contribution in [0.25, 0.3) is 0 Å². The predicted molar refractivity (Wildman–Crippen MR) is 154 cm³/mol. The molecule has 0 radical (unpaired) electrons. The van der Waals surface area contributed by atoms with Crippen molar-refractivity contribution in [3.8, 4) is 0 Å². The van der Waals surface area contributed by atoms with Gasteiger partial charge in [-0.3, -0.25) is 0 Å². The van der Waals surface area contributed by atoms with Gasteiger partial charge < -0.3 is 0 Å². The zero-order chi connectivity index (χ0) is 23.4. The Morgan fingerprint density at radius 3 is 0.719 bits per heavy atom. The first kappa shape index (κ1) is 33.0. The van der Waals surface area contributed by atoms with Crippen LogP contribution in [0.1, 0.15) is 181 Å². The van der Waals surface area contributed by atoms with Crippen molar-refractivity contribution in [2.45, 2.75) is 190 Å². The molecule has 0 N–H and O–H groups in total. The average Bonchev–Trinajstić information content (AvgIpc) is 2.80. The Morgan fingerprint density at radius 1 is 0.312 bits per heavy atom. The maximum atomic E-state index is 5.90. The quantitative estimate of drug-likeness (QED) is 0.0663. The predicted octanol–water partition coefficient (Wildman–Crippen LogP) is 12.4. The molecule has 192 valence electrons. The Kier molecular flexibility index (Phi) is 31.0. The van der Waals surface area contributed by atoms with E-state index in [-0.39, 0.29) is 0 Å². The van der Waals surface area contributed by atoms with Crippen molar-refractivity contribution >= 4 is 27.1 Å². The van der Waals surface area contributed by atoms with E-state index in [1.54, 1.807) is 0 Å². The fourth-order valence-corrected chi connectivity index (χ4v) is 11.1. The molecule has 0 atom stereocenters. The SMILES string of the molecule is CCCCCCCCCCCCCCCCC[CH2][Sn](=[S])[CH2]CCCCCCCCCCC. The number of hydrogen-bond acceptors (Lipinski definition) is 1. The standard InChI is InChI=1S/C18H37.C12H25.S.Sn/c1-3-5-7-9-11-13-15-17-18-16-14-12-10-8-6-4-2;1-3-5-7-9-11-12-10-8-6-4-2;;/h1,3-18H2,2H3;1,3-12H2,2H3;;. The fraction of sp³-hybridized carbons (Fsp3) is 1.00. The van der Waals surface area contributed by atoms with Gasteiger partial charge in [-0.15, -0.1) is 0 Å². The molecule has 0 spiro atoms. The normalized spacial score (nSPS) is 11.3. The van der Waals surface area contributed by atoms with Crippen molar-refractivity contribution in [1.29, 1.82) is 0 Å². The molecule has 0 aromatic heterocycles. The molecule has 0 rings (SSSR count). The molecule has 32 heavy (non-hydrogen) atoms. The van der Waals surface area contributed by atoms with E-state index in [2.05, 4.69) is 13.8 Å². The van der Waals surface area contributed by atoms with Gasteiger partial charge in [-0.2, -0.15) is 0 Å². The van der Waals surface area contributed by atoms with E-state index in [0.717, 1.165) is 0 Å². The summed E-state index contributed by atoms with van der Waals surface area (Å²) in [4.78, 5) is 0. The third kappa shape index (κ3) is 29.1. The molecular weight excluding hydrogens is 511 g/mol. The van der Waals surface area contributed by atoms with Crippen molar-refractivity contribution < 1.29 is 0 Å². The van der Waals surface area contributed by atoms with Crippen LogP contribution in [0.3, 0.4) is 0 Å². The van der Waals surface area contributed by atoms with Crippen LogP contribution in [0.5, 0.6) is 0 Å². The van der Waals surface area contributed by atoms with Crippen LogP contribution < -0.4 is 0 Å². The molecule has 0 heterocycles. The van der Waals surface area contributed by atoms with Gasteiger partial charge in [0.05, 0.1) is 0 Å². The summed E-state index contributed by atoms with van der Waals surface area (Å²) in [7, 11) is 5.90. The number of rotatable bonds is 28. The molecule has 2 heteroatoms. The first-order valence-electron chi connectivity index (χ1n) is 15.3. The van der Waals surface area contributed by atoms with E-state index in [1.807, 2.05) is 0 Å². The van der Waals surface area contributed by atoms with Gasteiger partial charge in [0, 0.05) is 0 Å². The summed E-state index contributed by atoms with van der Waals surface area (Å²) in [5.74, 6) is 0. The van der Waals surface area contributed by atoms with Gasteiger partial charge in [0.25, 0.3) is 0 Å². The topological polar surface area (TPSA) is 0 Å². The second-order valence-electron chi connectivity index (χ2n) is 10.5. The molecule has 0 saturated heterocycles. The maximum absolute atomic E-state index is 5.90.